The number of carbonyl (C=O) groups is 1. The predicted molar refractivity (Wildman–Crippen MR) is 106 cm³/mol. The van der Waals surface area contributed by atoms with Crippen LogP contribution >= 0.6 is 0 Å². The highest BCUT2D eigenvalue weighted by Gasteiger charge is 2.26. The highest BCUT2D eigenvalue weighted by molar-refractivity contribution is 5.66. The number of rotatable bonds is 12. The molecule has 0 saturated heterocycles. The summed E-state index contributed by atoms with van der Waals surface area (Å²) in [6.45, 7) is 0. The minimum atomic E-state index is -0.708. The fourth-order valence-electron chi connectivity index (χ4n) is 4.09. The molecule has 0 radical (unpaired) electrons. The molecule has 3 unspecified atom stereocenters. The third-order valence-electron chi connectivity index (χ3n) is 5.66. The maximum atomic E-state index is 10.5. The van der Waals surface area contributed by atoms with Crippen LogP contribution in [0.4, 0.5) is 0 Å². The fourth-order valence-corrected chi connectivity index (χ4v) is 4.09. The summed E-state index contributed by atoms with van der Waals surface area (Å²) >= 11 is 0. The van der Waals surface area contributed by atoms with Gasteiger partial charge in [0.1, 0.15) is 0 Å². The van der Waals surface area contributed by atoms with E-state index in [1.807, 2.05) is 6.07 Å². The van der Waals surface area contributed by atoms with Crippen LogP contribution in [-0.2, 0) is 11.2 Å². The highest BCUT2D eigenvalue weighted by Crippen LogP contribution is 2.37. The molecule has 1 aliphatic rings. The van der Waals surface area contributed by atoms with Crippen molar-refractivity contribution in [2.45, 2.75) is 76.7 Å². The zero-order chi connectivity index (χ0) is 18.6. The summed E-state index contributed by atoms with van der Waals surface area (Å²) in [6.07, 6.45) is 14.9. The first kappa shape index (κ1) is 20.7. The monoisotopic (exact) mass is 358 g/mol. The van der Waals surface area contributed by atoms with E-state index < -0.39 is 5.97 Å². The number of aliphatic hydroxyl groups excluding tert-OH is 1. The van der Waals surface area contributed by atoms with Gasteiger partial charge >= 0.3 is 5.97 Å². The second-order valence-corrected chi connectivity index (χ2v) is 7.70. The highest BCUT2D eigenvalue weighted by atomic mass is 16.4. The Morgan fingerprint density at radius 1 is 1.12 bits per heavy atom. The number of unbranched alkanes of at least 4 members (excludes halogenated alkanes) is 1. The van der Waals surface area contributed by atoms with Gasteiger partial charge in [-0.25, -0.2) is 0 Å². The Morgan fingerprint density at radius 3 is 2.65 bits per heavy atom. The third kappa shape index (κ3) is 8.18. The molecule has 0 heterocycles. The first-order valence-corrected chi connectivity index (χ1v) is 10.2. The zero-order valence-electron chi connectivity index (χ0n) is 15.9. The molecule has 0 aromatic heterocycles. The van der Waals surface area contributed by atoms with E-state index in [-0.39, 0.29) is 12.5 Å². The molecule has 1 aromatic carbocycles. The Labute approximate surface area is 158 Å². The number of allylic oxidation sites excluding steroid dienone is 2. The van der Waals surface area contributed by atoms with E-state index in [1.54, 1.807) is 0 Å². The van der Waals surface area contributed by atoms with Gasteiger partial charge in [0.05, 0.1) is 6.10 Å². The molecule has 2 N–H and O–H groups in total. The summed E-state index contributed by atoms with van der Waals surface area (Å²) in [5.74, 6) is 0.775. The van der Waals surface area contributed by atoms with Crippen LogP contribution in [0.15, 0.2) is 42.5 Å². The molecule has 0 aliphatic heterocycles. The van der Waals surface area contributed by atoms with Gasteiger partial charge in [-0.3, -0.25) is 4.79 Å². The minimum Gasteiger partial charge on any atom is -0.481 e. The van der Waals surface area contributed by atoms with Crippen LogP contribution in [0.2, 0.25) is 0 Å². The molecule has 26 heavy (non-hydrogen) atoms. The Kier molecular flexibility index (Phi) is 9.47. The van der Waals surface area contributed by atoms with Gasteiger partial charge in [0.25, 0.3) is 0 Å². The van der Waals surface area contributed by atoms with Crippen molar-refractivity contribution in [2.75, 3.05) is 0 Å². The maximum Gasteiger partial charge on any atom is 0.303 e. The summed E-state index contributed by atoms with van der Waals surface area (Å²) in [6, 6.07) is 10.4. The van der Waals surface area contributed by atoms with E-state index in [0.29, 0.717) is 0 Å². The molecule has 3 heteroatoms. The summed E-state index contributed by atoms with van der Waals surface area (Å²) in [4.78, 5) is 10.5. The lowest BCUT2D eigenvalue weighted by molar-refractivity contribution is -0.137. The number of hydrogen-bond acceptors (Lipinski definition) is 2. The molecular weight excluding hydrogens is 324 g/mol. The zero-order valence-corrected chi connectivity index (χ0v) is 15.9. The van der Waals surface area contributed by atoms with E-state index in [2.05, 4.69) is 36.4 Å². The molecule has 1 saturated carbocycles. The van der Waals surface area contributed by atoms with E-state index >= 15 is 0 Å². The molecule has 1 aliphatic carbocycles. The van der Waals surface area contributed by atoms with Crippen molar-refractivity contribution in [2.24, 2.45) is 11.8 Å². The first-order chi connectivity index (χ1) is 12.6. The first-order valence-electron chi connectivity index (χ1n) is 10.2. The lowest BCUT2D eigenvalue weighted by Crippen LogP contribution is -2.13. The summed E-state index contributed by atoms with van der Waals surface area (Å²) < 4.78 is 0. The van der Waals surface area contributed by atoms with Crippen molar-refractivity contribution in [1.82, 2.24) is 0 Å². The van der Waals surface area contributed by atoms with Crippen LogP contribution in [0, 0.1) is 11.8 Å². The predicted octanol–water partition coefficient (Wildman–Crippen LogP) is 5.38. The van der Waals surface area contributed by atoms with Crippen molar-refractivity contribution < 1.29 is 15.0 Å². The van der Waals surface area contributed by atoms with Gasteiger partial charge in [0.2, 0.25) is 0 Å². The largest absolute Gasteiger partial charge is 0.481 e. The van der Waals surface area contributed by atoms with E-state index in [0.717, 1.165) is 56.8 Å². The molecule has 3 atom stereocenters. The normalized spacial score (nSPS) is 21.3. The number of hydrogen-bond donors (Lipinski definition) is 2. The number of aryl methyl sites for hydroxylation is 1. The average molecular weight is 359 g/mol. The third-order valence-corrected chi connectivity index (χ3v) is 5.66. The summed E-state index contributed by atoms with van der Waals surface area (Å²) in [7, 11) is 0. The molecular formula is C23H34O3. The van der Waals surface area contributed by atoms with Gasteiger partial charge in [-0.05, 0) is 68.8 Å². The summed E-state index contributed by atoms with van der Waals surface area (Å²) in [5, 5.41) is 19.0. The Bertz CT molecular complexity index is 538. The molecule has 1 aromatic rings. The van der Waals surface area contributed by atoms with E-state index in [9.17, 15) is 9.90 Å². The van der Waals surface area contributed by atoms with Crippen molar-refractivity contribution in [3.05, 3.63) is 48.0 Å². The smallest absolute Gasteiger partial charge is 0.303 e. The van der Waals surface area contributed by atoms with Crippen LogP contribution in [-0.4, -0.2) is 22.3 Å². The molecule has 1 fully saturated rings. The van der Waals surface area contributed by atoms with E-state index in [1.165, 1.54) is 24.8 Å². The van der Waals surface area contributed by atoms with Crippen LogP contribution in [0.5, 0.6) is 0 Å². The Morgan fingerprint density at radius 2 is 1.88 bits per heavy atom. The minimum absolute atomic E-state index is 0.192. The van der Waals surface area contributed by atoms with Crippen molar-refractivity contribution in [3.8, 4) is 0 Å². The van der Waals surface area contributed by atoms with Crippen LogP contribution in [0.1, 0.15) is 69.8 Å². The average Bonchev–Trinajstić information content (AvgIpc) is 3.09. The van der Waals surface area contributed by atoms with Gasteiger partial charge in [-0.2, -0.15) is 0 Å². The molecule has 0 spiro atoms. The quantitative estimate of drug-likeness (QED) is 0.390. The topological polar surface area (TPSA) is 57.5 Å². The van der Waals surface area contributed by atoms with Crippen molar-refractivity contribution >= 4 is 5.97 Å². The van der Waals surface area contributed by atoms with Crippen LogP contribution in [0.25, 0.3) is 0 Å². The molecule has 3 nitrogen and oxygen atoms in total. The van der Waals surface area contributed by atoms with Crippen LogP contribution in [0.3, 0.4) is 0 Å². The number of carboxylic acid groups (broad SMARTS) is 1. The number of aliphatic carboxylic acids is 1. The van der Waals surface area contributed by atoms with Crippen LogP contribution < -0.4 is 0 Å². The fraction of sp³-hybridized carbons (Fsp3) is 0.609. The van der Waals surface area contributed by atoms with Crippen molar-refractivity contribution in [1.29, 1.82) is 0 Å². The van der Waals surface area contributed by atoms with Gasteiger partial charge in [-0.1, -0.05) is 55.3 Å². The van der Waals surface area contributed by atoms with Crippen molar-refractivity contribution in [3.63, 3.8) is 0 Å². The lowest BCUT2D eigenvalue weighted by Gasteiger charge is -2.20. The lowest BCUT2D eigenvalue weighted by atomic mass is 9.87. The maximum absolute atomic E-state index is 10.5. The number of benzene rings is 1. The Balaban J connectivity index is 1.61. The second-order valence-electron chi connectivity index (χ2n) is 7.70. The number of carboxylic acids is 1. The molecule has 0 amide bonds. The summed E-state index contributed by atoms with van der Waals surface area (Å²) in [5.41, 5.74) is 1.30. The SMILES string of the molecule is O=C(O)CCCC=CCC1CCCC1CCC(O)CCc1ccccc1. The van der Waals surface area contributed by atoms with Gasteiger partial charge in [-0.15, -0.1) is 0 Å². The number of aliphatic hydroxyl groups is 1. The van der Waals surface area contributed by atoms with Gasteiger partial charge in [0.15, 0.2) is 0 Å². The van der Waals surface area contributed by atoms with Gasteiger partial charge < -0.3 is 10.2 Å². The van der Waals surface area contributed by atoms with E-state index in [4.69, 9.17) is 5.11 Å². The Hall–Kier alpha value is -1.61. The molecule has 0 bridgehead atoms. The molecule has 144 valence electrons. The van der Waals surface area contributed by atoms with Gasteiger partial charge in [0, 0.05) is 6.42 Å². The standard InChI is InChI=1S/C23H34O3/c24-22(17-15-19-9-4-3-5-10-19)18-16-21-13-8-12-20(21)11-6-1-2-7-14-23(25)26/h1,3-6,9-10,20-22,24H,2,7-8,11-18H2,(H,25,26). The second kappa shape index (κ2) is 11.9. The molecule has 2 rings (SSSR count).